The summed E-state index contributed by atoms with van der Waals surface area (Å²) in [6.45, 7) is 2.72. The van der Waals surface area contributed by atoms with Crippen molar-refractivity contribution in [3.05, 3.63) is 0 Å². The molecule has 0 unspecified atom stereocenters. The first-order chi connectivity index (χ1) is 2.91. The van der Waals surface area contributed by atoms with Gasteiger partial charge in [0.1, 0.15) is 0 Å². The SMILES string of the molecule is CCCOOC. The summed E-state index contributed by atoms with van der Waals surface area (Å²) >= 11 is 0. The summed E-state index contributed by atoms with van der Waals surface area (Å²) in [5.74, 6) is 0. The molecule has 0 bridgehead atoms. The maximum absolute atomic E-state index is 4.48. The van der Waals surface area contributed by atoms with E-state index in [1.807, 2.05) is 6.92 Å². The van der Waals surface area contributed by atoms with E-state index in [-0.39, 0.29) is 0 Å². The van der Waals surface area contributed by atoms with Crippen LogP contribution in [-0.2, 0) is 9.78 Å². The third-order valence-electron chi connectivity index (χ3n) is 0.405. The van der Waals surface area contributed by atoms with Crippen molar-refractivity contribution < 1.29 is 9.78 Å². The Balaban J connectivity index is 2.34. The maximum Gasteiger partial charge on any atom is 0.0819 e. The van der Waals surface area contributed by atoms with Gasteiger partial charge in [-0.2, -0.15) is 0 Å². The third kappa shape index (κ3) is 3.92. The van der Waals surface area contributed by atoms with Crippen LogP contribution < -0.4 is 0 Å². The van der Waals surface area contributed by atoms with Crippen molar-refractivity contribution in [1.82, 2.24) is 0 Å². The normalized spacial score (nSPS) is 9.00. The molecule has 0 N–H and O–H groups in total. The van der Waals surface area contributed by atoms with Crippen LogP contribution in [0.15, 0.2) is 0 Å². The van der Waals surface area contributed by atoms with Crippen LogP contribution in [0.4, 0.5) is 0 Å². The Morgan fingerprint density at radius 3 is 2.33 bits per heavy atom. The predicted molar refractivity (Wildman–Crippen MR) is 23.3 cm³/mol. The Labute approximate surface area is 38.0 Å². The van der Waals surface area contributed by atoms with Gasteiger partial charge in [0.25, 0.3) is 0 Å². The van der Waals surface area contributed by atoms with Crippen LogP contribution in [0.5, 0.6) is 0 Å². The van der Waals surface area contributed by atoms with E-state index >= 15 is 0 Å². The third-order valence-corrected chi connectivity index (χ3v) is 0.405. The summed E-state index contributed by atoms with van der Waals surface area (Å²) in [5.41, 5.74) is 0. The molecule has 0 aliphatic rings. The summed E-state index contributed by atoms with van der Waals surface area (Å²) < 4.78 is 0. The molecule has 6 heavy (non-hydrogen) atoms. The second-order valence-electron chi connectivity index (χ2n) is 0.989. The van der Waals surface area contributed by atoms with E-state index in [0.717, 1.165) is 6.42 Å². The molecule has 0 atom stereocenters. The molecule has 38 valence electrons. The van der Waals surface area contributed by atoms with Crippen LogP contribution in [-0.4, -0.2) is 13.7 Å². The number of rotatable bonds is 3. The molecule has 0 rings (SSSR count). The number of hydrogen-bond donors (Lipinski definition) is 0. The van der Waals surface area contributed by atoms with Gasteiger partial charge in [-0.15, -0.1) is 0 Å². The van der Waals surface area contributed by atoms with E-state index in [0.29, 0.717) is 6.61 Å². The summed E-state index contributed by atoms with van der Waals surface area (Å²) in [5, 5.41) is 0. The smallest absolute Gasteiger partial charge is 0.0819 e. The van der Waals surface area contributed by atoms with Crippen molar-refractivity contribution in [2.75, 3.05) is 13.7 Å². The van der Waals surface area contributed by atoms with Crippen LogP contribution >= 0.6 is 0 Å². The molecular weight excluding hydrogens is 80.0 g/mol. The average Bonchev–Trinajstić information content (AvgIpc) is 1.61. The average molecular weight is 90.1 g/mol. The number of hydrogen-bond acceptors (Lipinski definition) is 2. The van der Waals surface area contributed by atoms with Gasteiger partial charge in [0, 0.05) is 0 Å². The molecule has 0 radical (unpaired) electrons. The second kappa shape index (κ2) is 4.92. The Bertz CT molecular complexity index is 17.5. The highest BCUT2D eigenvalue weighted by Crippen LogP contribution is 1.76. The summed E-state index contributed by atoms with van der Waals surface area (Å²) in [4.78, 5) is 8.76. The molecular formula is C4H10O2. The minimum Gasteiger partial charge on any atom is -0.240 e. The van der Waals surface area contributed by atoms with Crippen molar-refractivity contribution in [3.63, 3.8) is 0 Å². The van der Waals surface area contributed by atoms with Crippen molar-refractivity contribution in [1.29, 1.82) is 0 Å². The molecule has 0 aliphatic heterocycles. The highest BCUT2D eigenvalue weighted by molar-refractivity contribution is 4.13. The highest BCUT2D eigenvalue weighted by atomic mass is 17.2. The van der Waals surface area contributed by atoms with E-state index < -0.39 is 0 Å². The van der Waals surface area contributed by atoms with Gasteiger partial charge in [0.05, 0.1) is 13.7 Å². The van der Waals surface area contributed by atoms with Crippen molar-refractivity contribution >= 4 is 0 Å². The first-order valence-corrected chi connectivity index (χ1v) is 2.07. The molecule has 0 heterocycles. The van der Waals surface area contributed by atoms with Gasteiger partial charge in [-0.1, -0.05) is 6.92 Å². The van der Waals surface area contributed by atoms with E-state index in [1.165, 1.54) is 7.11 Å². The molecule has 0 aliphatic carbocycles. The first kappa shape index (κ1) is 5.92. The van der Waals surface area contributed by atoms with E-state index in [4.69, 9.17) is 0 Å². The second-order valence-corrected chi connectivity index (χ2v) is 0.989. The lowest BCUT2D eigenvalue weighted by Crippen LogP contribution is -1.88. The molecule has 0 saturated heterocycles. The van der Waals surface area contributed by atoms with Crippen molar-refractivity contribution in [2.24, 2.45) is 0 Å². The van der Waals surface area contributed by atoms with Crippen LogP contribution in [0, 0.1) is 0 Å². The van der Waals surface area contributed by atoms with Gasteiger partial charge >= 0.3 is 0 Å². The Hall–Kier alpha value is -0.0800. The van der Waals surface area contributed by atoms with Crippen LogP contribution in [0.25, 0.3) is 0 Å². The van der Waals surface area contributed by atoms with Gasteiger partial charge in [0.2, 0.25) is 0 Å². The molecule has 2 nitrogen and oxygen atoms in total. The minimum atomic E-state index is 0.691. The molecule has 0 fully saturated rings. The summed E-state index contributed by atoms with van der Waals surface area (Å²) in [6.07, 6.45) is 1.01. The van der Waals surface area contributed by atoms with Crippen LogP contribution in [0.2, 0.25) is 0 Å². The molecule has 0 aromatic rings. The fraction of sp³-hybridized carbons (Fsp3) is 1.00. The molecule has 0 spiro atoms. The predicted octanol–water partition coefficient (Wildman–Crippen LogP) is 0.974. The molecule has 2 heteroatoms. The maximum atomic E-state index is 4.48. The van der Waals surface area contributed by atoms with Gasteiger partial charge < -0.3 is 0 Å². The first-order valence-electron chi connectivity index (χ1n) is 2.07. The highest BCUT2D eigenvalue weighted by Gasteiger charge is 1.73. The zero-order chi connectivity index (χ0) is 4.83. The summed E-state index contributed by atoms with van der Waals surface area (Å²) in [7, 11) is 1.51. The molecule has 0 saturated carbocycles. The Morgan fingerprint density at radius 2 is 2.17 bits per heavy atom. The zero-order valence-electron chi connectivity index (χ0n) is 4.23. The van der Waals surface area contributed by atoms with Crippen LogP contribution in [0.3, 0.4) is 0 Å². The lowest BCUT2D eigenvalue weighted by atomic mass is 10.5. The lowest BCUT2D eigenvalue weighted by molar-refractivity contribution is -0.272. The molecule has 0 aromatic heterocycles. The van der Waals surface area contributed by atoms with Crippen LogP contribution in [0.1, 0.15) is 13.3 Å². The fourth-order valence-electron chi connectivity index (χ4n) is 0.167. The largest absolute Gasteiger partial charge is 0.240 e. The Kier molecular flexibility index (Phi) is 4.85. The van der Waals surface area contributed by atoms with Crippen molar-refractivity contribution in [2.45, 2.75) is 13.3 Å². The van der Waals surface area contributed by atoms with Gasteiger partial charge in [-0.05, 0) is 6.42 Å². The topological polar surface area (TPSA) is 18.5 Å². The van der Waals surface area contributed by atoms with Crippen molar-refractivity contribution in [3.8, 4) is 0 Å². The molecule has 0 aromatic carbocycles. The minimum absolute atomic E-state index is 0.691. The van der Waals surface area contributed by atoms with Gasteiger partial charge in [0.15, 0.2) is 0 Å². The monoisotopic (exact) mass is 90.1 g/mol. The standard InChI is InChI=1S/C4H10O2/c1-3-4-6-5-2/h3-4H2,1-2H3. The van der Waals surface area contributed by atoms with Gasteiger partial charge in [-0.3, -0.25) is 0 Å². The quantitative estimate of drug-likeness (QED) is 0.292. The van der Waals surface area contributed by atoms with Gasteiger partial charge in [-0.25, -0.2) is 9.78 Å². The molecule has 0 amide bonds. The van der Waals surface area contributed by atoms with E-state index in [2.05, 4.69) is 9.78 Å². The Morgan fingerprint density at radius 1 is 1.50 bits per heavy atom. The van der Waals surface area contributed by atoms with E-state index in [9.17, 15) is 0 Å². The zero-order valence-corrected chi connectivity index (χ0v) is 4.23. The van der Waals surface area contributed by atoms with E-state index in [1.54, 1.807) is 0 Å². The lowest BCUT2D eigenvalue weighted by Gasteiger charge is -1.91. The summed E-state index contributed by atoms with van der Waals surface area (Å²) in [6, 6.07) is 0. The fourth-order valence-corrected chi connectivity index (χ4v) is 0.167.